The van der Waals surface area contributed by atoms with Crippen molar-refractivity contribution < 1.29 is 4.74 Å². The molecule has 0 amide bonds. The minimum atomic E-state index is 0.322. The summed E-state index contributed by atoms with van der Waals surface area (Å²) in [6, 6.07) is 18.4. The van der Waals surface area contributed by atoms with Crippen LogP contribution in [0.25, 0.3) is 0 Å². The van der Waals surface area contributed by atoms with Gasteiger partial charge in [-0.2, -0.15) is 0 Å². The third-order valence-corrected chi connectivity index (χ3v) is 3.91. The Hall–Kier alpha value is -2.49. The van der Waals surface area contributed by atoms with Gasteiger partial charge >= 0.3 is 0 Å². The SMILES string of the molecule is COc1ccccc1C(C)CNC(=NCc1ccccc1)N(C)C. The number of guanidine groups is 1. The van der Waals surface area contributed by atoms with E-state index in [2.05, 4.69) is 30.4 Å². The van der Waals surface area contributed by atoms with Gasteiger partial charge in [0.05, 0.1) is 13.7 Å². The monoisotopic (exact) mass is 325 g/mol. The largest absolute Gasteiger partial charge is 0.496 e. The first-order valence-electron chi connectivity index (χ1n) is 8.24. The van der Waals surface area contributed by atoms with Crippen molar-refractivity contribution >= 4 is 5.96 Å². The van der Waals surface area contributed by atoms with Crippen molar-refractivity contribution in [2.75, 3.05) is 27.7 Å². The van der Waals surface area contributed by atoms with Crippen LogP contribution in [0.2, 0.25) is 0 Å². The van der Waals surface area contributed by atoms with E-state index >= 15 is 0 Å². The van der Waals surface area contributed by atoms with E-state index < -0.39 is 0 Å². The Morgan fingerprint density at radius 2 is 1.75 bits per heavy atom. The summed E-state index contributed by atoms with van der Waals surface area (Å²) in [5.74, 6) is 2.14. The van der Waals surface area contributed by atoms with Crippen molar-refractivity contribution in [3.05, 3.63) is 65.7 Å². The van der Waals surface area contributed by atoms with Gasteiger partial charge in [-0.3, -0.25) is 0 Å². The van der Waals surface area contributed by atoms with Crippen LogP contribution >= 0.6 is 0 Å². The molecule has 2 aromatic rings. The van der Waals surface area contributed by atoms with Crippen LogP contribution in [0.5, 0.6) is 5.75 Å². The summed E-state index contributed by atoms with van der Waals surface area (Å²) in [5, 5.41) is 3.46. The van der Waals surface area contributed by atoms with Crippen LogP contribution < -0.4 is 10.1 Å². The van der Waals surface area contributed by atoms with Crippen molar-refractivity contribution in [1.82, 2.24) is 10.2 Å². The summed E-state index contributed by atoms with van der Waals surface area (Å²) in [6.45, 7) is 3.66. The number of methoxy groups -OCH3 is 1. The lowest BCUT2D eigenvalue weighted by Crippen LogP contribution is -2.38. The Morgan fingerprint density at radius 3 is 2.42 bits per heavy atom. The van der Waals surface area contributed by atoms with Crippen molar-refractivity contribution in [3.63, 3.8) is 0 Å². The van der Waals surface area contributed by atoms with E-state index in [0.29, 0.717) is 12.5 Å². The van der Waals surface area contributed by atoms with E-state index in [1.165, 1.54) is 11.1 Å². The molecule has 0 saturated heterocycles. The molecule has 4 heteroatoms. The zero-order chi connectivity index (χ0) is 17.4. The highest BCUT2D eigenvalue weighted by molar-refractivity contribution is 5.79. The molecule has 0 fully saturated rings. The normalized spacial score (nSPS) is 12.6. The molecule has 1 atom stereocenters. The molecule has 0 aliphatic carbocycles. The highest BCUT2D eigenvalue weighted by Crippen LogP contribution is 2.25. The number of benzene rings is 2. The fourth-order valence-corrected chi connectivity index (χ4v) is 2.53. The van der Waals surface area contributed by atoms with E-state index in [1.807, 2.05) is 55.4 Å². The van der Waals surface area contributed by atoms with Crippen molar-refractivity contribution in [2.24, 2.45) is 4.99 Å². The average Bonchev–Trinajstić information content (AvgIpc) is 2.62. The maximum Gasteiger partial charge on any atom is 0.193 e. The molecule has 2 aromatic carbocycles. The summed E-state index contributed by atoms with van der Waals surface area (Å²) < 4.78 is 5.46. The molecule has 128 valence electrons. The van der Waals surface area contributed by atoms with Gasteiger partial charge in [-0.1, -0.05) is 55.5 Å². The van der Waals surface area contributed by atoms with Crippen LogP contribution in [0.1, 0.15) is 24.0 Å². The Morgan fingerprint density at radius 1 is 1.08 bits per heavy atom. The highest BCUT2D eigenvalue weighted by atomic mass is 16.5. The minimum Gasteiger partial charge on any atom is -0.496 e. The Bertz CT molecular complexity index is 653. The number of ether oxygens (including phenoxy) is 1. The van der Waals surface area contributed by atoms with Crippen molar-refractivity contribution in [1.29, 1.82) is 0 Å². The lowest BCUT2D eigenvalue weighted by Gasteiger charge is -2.21. The standard InChI is InChI=1S/C20H27N3O/c1-16(18-12-8-9-13-19(18)24-4)14-21-20(23(2)3)22-15-17-10-6-5-7-11-17/h5-13,16H,14-15H2,1-4H3,(H,21,22). The number of rotatable bonds is 6. The van der Waals surface area contributed by atoms with E-state index in [1.54, 1.807) is 7.11 Å². The molecule has 0 aliphatic heterocycles. The fraction of sp³-hybridized carbons (Fsp3) is 0.350. The first kappa shape index (κ1) is 17.9. The average molecular weight is 325 g/mol. The highest BCUT2D eigenvalue weighted by Gasteiger charge is 2.12. The van der Waals surface area contributed by atoms with Crippen LogP contribution in [0, 0.1) is 0 Å². The molecule has 0 bridgehead atoms. The van der Waals surface area contributed by atoms with E-state index in [4.69, 9.17) is 9.73 Å². The molecule has 0 spiro atoms. The molecular weight excluding hydrogens is 298 g/mol. The summed E-state index contributed by atoms with van der Waals surface area (Å²) in [7, 11) is 5.72. The van der Waals surface area contributed by atoms with Gasteiger partial charge in [0, 0.05) is 26.6 Å². The molecule has 1 N–H and O–H groups in total. The number of para-hydroxylation sites is 1. The van der Waals surface area contributed by atoms with Crippen LogP contribution in [0.3, 0.4) is 0 Å². The van der Waals surface area contributed by atoms with Crippen molar-refractivity contribution in [3.8, 4) is 5.75 Å². The number of hydrogen-bond donors (Lipinski definition) is 1. The third-order valence-electron chi connectivity index (χ3n) is 3.91. The molecule has 0 heterocycles. The predicted octanol–water partition coefficient (Wildman–Crippen LogP) is 3.51. The van der Waals surface area contributed by atoms with Crippen LogP contribution in [-0.2, 0) is 6.54 Å². The van der Waals surface area contributed by atoms with Gasteiger partial charge in [0.1, 0.15) is 5.75 Å². The molecular formula is C20H27N3O. The smallest absolute Gasteiger partial charge is 0.193 e. The van der Waals surface area contributed by atoms with Crippen LogP contribution in [-0.4, -0.2) is 38.6 Å². The minimum absolute atomic E-state index is 0.322. The summed E-state index contributed by atoms with van der Waals surface area (Å²) >= 11 is 0. The molecule has 1 unspecified atom stereocenters. The van der Waals surface area contributed by atoms with Gasteiger partial charge in [-0.05, 0) is 17.2 Å². The van der Waals surface area contributed by atoms with E-state index in [9.17, 15) is 0 Å². The number of nitrogens with one attached hydrogen (secondary N) is 1. The molecule has 0 aliphatic rings. The zero-order valence-corrected chi connectivity index (χ0v) is 15.0. The maximum absolute atomic E-state index is 5.46. The third kappa shape index (κ3) is 5.01. The topological polar surface area (TPSA) is 36.9 Å². The first-order chi connectivity index (χ1) is 11.6. The lowest BCUT2D eigenvalue weighted by atomic mass is 10.0. The molecule has 0 radical (unpaired) electrons. The summed E-state index contributed by atoms with van der Waals surface area (Å²) in [5.41, 5.74) is 2.41. The number of nitrogens with zero attached hydrogens (tertiary/aromatic N) is 2. The summed E-state index contributed by atoms with van der Waals surface area (Å²) in [4.78, 5) is 6.71. The molecule has 24 heavy (non-hydrogen) atoms. The molecule has 4 nitrogen and oxygen atoms in total. The Balaban J connectivity index is 2.00. The Kier molecular flexibility index (Phi) is 6.67. The van der Waals surface area contributed by atoms with E-state index in [0.717, 1.165) is 18.3 Å². The van der Waals surface area contributed by atoms with Gasteiger partial charge in [0.2, 0.25) is 0 Å². The van der Waals surface area contributed by atoms with E-state index in [-0.39, 0.29) is 0 Å². The van der Waals surface area contributed by atoms with Gasteiger partial charge in [0.15, 0.2) is 5.96 Å². The fourth-order valence-electron chi connectivity index (χ4n) is 2.53. The Labute approximate surface area is 145 Å². The lowest BCUT2D eigenvalue weighted by molar-refractivity contribution is 0.406. The number of aliphatic imine (C=N–C) groups is 1. The van der Waals surface area contributed by atoms with Gasteiger partial charge in [-0.15, -0.1) is 0 Å². The first-order valence-corrected chi connectivity index (χ1v) is 8.24. The second-order valence-corrected chi connectivity index (χ2v) is 6.04. The second kappa shape index (κ2) is 8.96. The second-order valence-electron chi connectivity index (χ2n) is 6.04. The van der Waals surface area contributed by atoms with Gasteiger partial charge < -0.3 is 15.0 Å². The maximum atomic E-state index is 5.46. The van der Waals surface area contributed by atoms with Crippen molar-refractivity contribution in [2.45, 2.75) is 19.4 Å². The number of hydrogen-bond acceptors (Lipinski definition) is 2. The molecule has 2 rings (SSSR count). The zero-order valence-electron chi connectivity index (χ0n) is 15.0. The molecule has 0 saturated carbocycles. The van der Waals surface area contributed by atoms with Crippen LogP contribution in [0.15, 0.2) is 59.6 Å². The predicted molar refractivity (Wildman–Crippen MR) is 101 cm³/mol. The quantitative estimate of drug-likeness (QED) is 0.652. The van der Waals surface area contributed by atoms with Gasteiger partial charge in [-0.25, -0.2) is 4.99 Å². The molecule has 0 aromatic heterocycles. The summed E-state index contributed by atoms with van der Waals surface area (Å²) in [6.07, 6.45) is 0. The van der Waals surface area contributed by atoms with Crippen LogP contribution in [0.4, 0.5) is 0 Å². The van der Waals surface area contributed by atoms with Gasteiger partial charge in [0.25, 0.3) is 0 Å².